The van der Waals surface area contributed by atoms with E-state index >= 15 is 0 Å². The fraction of sp³-hybridized carbons (Fsp3) is 0.211. The number of hydrogen-bond acceptors (Lipinski definition) is 8. The Morgan fingerprint density at radius 3 is 2.62 bits per heavy atom. The molecule has 0 N–H and O–H groups in total. The van der Waals surface area contributed by atoms with Crippen molar-refractivity contribution in [2.45, 2.75) is 6.54 Å². The second-order valence-electron chi connectivity index (χ2n) is 5.76. The van der Waals surface area contributed by atoms with E-state index in [4.69, 9.17) is 25.5 Å². The van der Waals surface area contributed by atoms with Crippen LogP contribution in [0.3, 0.4) is 0 Å². The van der Waals surface area contributed by atoms with Crippen molar-refractivity contribution in [3.8, 4) is 11.5 Å². The van der Waals surface area contributed by atoms with Crippen LogP contribution < -0.4 is 9.47 Å². The molecule has 0 aliphatic carbocycles. The molecule has 2 amide bonds. The van der Waals surface area contributed by atoms with Crippen LogP contribution in [0.1, 0.15) is 21.9 Å². The van der Waals surface area contributed by atoms with Gasteiger partial charge in [0.15, 0.2) is 11.5 Å². The van der Waals surface area contributed by atoms with Crippen molar-refractivity contribution in [3.05, 3.63) is 51.3 Å². The Bertz CT molecular complexity index is 1010. The zero-order valence-corrected chi connectivity index (χ0v) is 17.3. The smallest absolute Gasteiger partial charge is 0.373 e. The summed E-state index contributed by atoms with van der Waals surface area (Å²) >= 11 is 6.98. The molecule has 3 rings (SSSR count). The van der Waals surface area contributed by atoms with Gasteiger partial charge in [0.2, 0.25) is 5.76 Å². The number of ether oxygens (including phenoxy) is 3. The van der Waals surface area contributed by atoms with Gasteiger partial charge in [0.25, 0.3) is 11.1 Å². The second kappa shape index (κ2) is 8.62. The Morgan fingerprint density at radius 2 is 1.97 bits per heavy atom. The first-order valence-electron chi connectivity index (χ1n) is 8.21. The molecular formula is C19H16ClNO7S. The van der Waals surface area contributed by atoms with E-state index in [1.807, 2.05) is 0 Å². The fourth-order valence-corrected chi connectivity index (χ4v) is 3.77. The van der Waals surface area contributed by atoms with Gasteiger partial charge >= 0.3 is 5.97 Å². The van der Waals surface area contributed by atoms with Crippen LogP contribution >= 0.6 is 23.4 Å². The van der Waals surface area contributed by atoms with Crippen LogP contribution in [-0.2, 0) is 16.1 Å². The number of amides is 2. The number of nitrogens with zero attached hydrogens (tertiary/aromatic N) is 1. The van der Waals surface area contributed by atoms with Gasteiger partial charge in [-0.1, -0.05) is 11.6 Å². The predicted octanol–water partition coefficient (Wildman–Crippen LogP) is 3.97. The quantitative estimate of drug-likeness (QED) is 0.494. The molecule has 1 aliphatic rings. The molecule has 0 atom stereocenters. The van der Waals surface area contributed by atoms with Gasteiger partial charge in [-0.25, -0.2) is 4.79 Å². The highest BCUT2D eigenvalue weighted by molar-refractivity contribution is 8.18. The van der Waals surface area contributed by atoms with E-state index in [2.05, 4.69) is 4.74 Å². The van der Waals surface area contributed by atoms with Crippen molar-refractivity contribution in [3.63, 3.8) is 0 Å². The third-order valence-electron chi connectivity index (χ3n) is 3.99. The molecule has 0 spiro atoms. The molecule has 0 unspecified atom stereocenters. The van der Waals surface area contributed by atoms with Crippen LogP contribution in [0.4, 0.5) is 4.79 Å². The summed E-state index contributed by atoms with van der Waals surface area (Å²) in [6.07, 6.45) is 1.54. The van der Waals surface area contributed by atoms with Gasteiger partial charge in [-0.15, -0.1) is 0 Å². The lowest BCUT2D eigenvalue weighted by atomic mass is 10.1. The normalized spacial score (nSPS) is 15.2. The molecule has 1 saturated heterocycles. The van der Waals surface area contributed by atoms with Gasteiger partial charge in [-0.05, 0) is 47.7 Å². The maximum Gasteiger partial charge on any atom is 0.373 e. The van der Waals surface area contributed by atoms with Crippen molar-refractivity contribution in [2.24, 2.45) is 0 Å². The Balaban J connectivity index is 1.82. The molecule has 1 aliphatic heterocycles. The number of furan rings is 1. The lowest BCUT2D eigenvalue weighted by Crippen LogP contribution is -2.27. The van der Waals surface area contributed by atoms with E-state index in [0.29, 0.717) is 22.1 Å². The molecule has 29 heavy (non-hydrogen) atoms. The summed E-state index contributed by atoms with van der Waals surface area (Å²) in [7, 11) is 4.17. The topological polar surface area (TPSA) is 95.3 Å². The van der Waals surface area contributed by atoms with Gasteiger partial charge in [-0.3, -0.25) is 14.5 Å². The highest BCUT2D eigenvalue weighted by Gasteiger charge is 2.36. The van der Waals surface area contributed by atoms with E-state index in [1.54, 1.807) is 18.2 Å². The number of rotatable bonds is 6. The minimum Gasteiger partial charge on any atom is -0.493 e. The molecule has 2 heterocycles. The van der Waals surface area contributed by atoms with Crippen molar-refractivity contribution in [1.29, 1.82) is 0 Å². The highest BCUT2D eigenvalue weighted by Crippen LogP contribution is 2.39. The summed E-state index contributed by atoms with van der Waals surface area (Å²) in [6.45, 7) is -0.105. The van der Waals surface area contributed by atoms with Crippen LogP contribution in [0.5, 0.6) is 11.5 Å². The molecule has 0 saturated carbocycles. The van der Waals surface area contributed by atoms with E-state index in [0.717, 1.165) is 16.7 Å². The number of esters is 1. The van der Waals surface area contributed by atoms with Gasteiger partial charge in [0, 0.05) is 0 Å². The summed E-state index contributed by atoms with van der Waals surface area (Å²) in [5.41, 5.74) is 0.573. The summed E-state index contributed by atoms with van der Waals surface area (Å²) < 4.78 is 20.3. The van der Waals surface area contributed by atoms with E-state index in [1.165, 1.54) is 33.5 Å². The average molecular weight is 438 g/mol. The third kappa shape index (κ3) is 4.25. The lowest BCUT2D eigenvalue weighted by Gasteiger charge is -2.11. The molecular weight excluding hydrogens is 422 g/mol. The molecule has 8 nitrogen and oxygen atoms in total. The number of hydrogen-bond donors (Lipinski definition) is 0. The maximum atomic E-state index is 12.7. The van der Waals surface area contributed by atoms with Crippen LogP contribution in [0.2, 0.25) is 5.02 Å². The van der Waals surface area contributed by atoms with E-state index < -0.39 is 17.1 Å². The van der Waals surface area contributed by atoms with Crippen molar-refractivity contribution >= 4 is 46.6 Å². The van der Waals surface area contributed by atoms with Crippen molar-refractivity contribution < 1.29 is 33.0 Å². The number of thioether (sulfide) groups is 1. The standard InChI is InChI=1S/C19H16ClNO7S/c1-25-14-7-10(6-12(20)16(14)26-2)8-15-17(22)21(19(24)29-15)9-11-4-5-13(28-11)18(23)27-3/h4-8H,9H2,1-3H3/b15-8+. The number of methoxy groups -OCH3 is 3. The van der Waals surface area contributed by atoms with Crippen LogP contribution in [0.15, 0.2) is 33.6 Å². The van der Waals surface area contributed by atoms with Crippen molar-refractivity contribution in [1.82, 2.24) is 4.90 Å². The maximum absolute atomic E-state index is 12.7. The molecule has 2 aromatic rings. The summed E-state index contributed by atoms with van der Waals surface area (Å²) in [4.78, 5) is 37.7. The molecule has 1 fully saturated rings. The predicted molar refractivity (Wildman–Crippen MR) is 106 cm³/mol. The Hall–Kier alpha value is -2.91. The number of benzene rings is 1. The summed E-state index contributed by atoms with van der Waals surface area (Å²) in [5, 5.41) is -0.146. The Kier molecular flexibility index (Phi) is 6.19. The summed E-state index contributed by atoms with van der Waals surface area (Å²) in [6, 6.07) is 6.18. The van der Waals surface area contributed by atoms with Gasteiger partial charge < -0.3 is 18.6 Å². The lowest BCUT2D eigenvalue weighted by molar-refractivity contribution is -0.123. The molecule has 1 aromatic carbocycles. The first kappa shape index (κ1) is 20.8. The Morgan fingerprint density at radius 1 is 1.21 bits per heavy atom. The van der Waals surface area contributed by atoms with Crippen molar-refractivity contribution in [2.75, 3.05) is 21.3 Å². The number of carbonyl (C=O) groups excluding carboxylic acids is 3. The summed E-state index contributed by atoms with van der Waals surface area (Å²) in [5.74, 6) is -0.0827. The second-order valence-corrected chi connectivity index (χ2v) is 7.16. The number of halogens is 1. The van der Waals surface area contributed by atoms with Gasteiger partial charge in [0.1, 0.15) is 5.76 Å². The first-order valence-corrected chi connectivity index (χ1v) is 9.41. The zero-order chi connectivity index (χ0) is 21.1. The molecule has 152 valence electrons. The fourth-order valence-electron chi connectivity index (χ4n) is 2.64. The molecule has 1 aromatic heterocycles. The Labute approximate surface area is 175 Å². The van der Waals surface area contributed by atoms with Crippen LogP contribution in [-0.4, -0.2) is 43.3 Å². The van der Waals surface area contributed by atoms with Crippen LogP contribution in [0.25, 0.3) is 6.08 Å². The molecule has 10 heteroatoms. The molecule has 0 bridgehead atoms. The minimum absolute atomic E-state index is 0.00927. The van der Waals surface area contributed by atoms with E-state index in [-0.39, 0.29) is 23.0 Å². The van der Waals surface area contributed by atoms with E-state index in [9.17, 15) is 14.4 Å². The third-order valence-corrected chi connectivity index (χ3v) is 5.18. The SMILES string of the molecule is COC(=O)c1ccc(CN2C(=O)S/C(=C/c3cc(Cl)c(OC)c(OC)c3)C2=O)o1. The van der Waals surface area contributed by atoms with Gasteiger partial charge in [0.05, 0.1) is 37.8 Å². The first-order chi connectivity index (χ1) is 13.9. The van der Waals surface area contributed by atoms with Crippen LogP contribution in [0, 0.1) is 0 Å². The minimum atomic E-state index is -0.643. The average Bonchev–Trinajstić information content (AvgIpc) is 3.27. The highest BCUT2D eigenvalue weighted by atomic mass is 35.5. The monoisotopic (exact) mass is 437 g/mol. The number of imide groups is 1. The number of carbonyl (C=O) groups is 3. The molecule has 0 radical (unpaired) electrons. The zero-order valence-electron chi connectivity index (χ0n) is 15.7. The van der Waals surface area contributed by atoms with Gasteiger partial charge in [-0.2, -0.15) is 0 Å². The largest absolute Gasteiger partial charge is 0.493 e.